The van der Waals surface area contributed by atoms with Gasteiger partial charge in [-0.2, -0.15) is 0 Å². The summed E-state index contributed by atoms with van der Waals surface area (Å²) in [7, 11) is 1.34. The van der Waals surface area contributed by atoms with Gasteiger partial charge in [0.05, 0.1) is 11.6 Å². The van der Waals surface area contributed by atoms with Crippen LogP contribution in [0.4, 0.5) is 8.78 Å². The summed E-state index contributed by atoms with van der Waals surface area (Å²) >= 11 is 8.69. The fraction of sp³-hybridized carbons (Fsp3) is 0.143. The molecule has 0 radical (unpaired) electrons. The van der Waals surface area contributed by atoms with Crippen LogP contribution in [-0.2, 0) is 0 Å². The molecule has 2 nitrogen and oxygen atoms in total. The van der Waals surface area contributed by atoms with Crippen molar-refractivity contribution in [3.05, 3.63) is 62.6 Å². The third kappa shape index (κ3) is 2.95. The maximum absolute atomic E-state index is 13.8. The van der Waals surface area contributed by atoms with Gasteiger partial charge in [-0.25, -0.2) is 8.78 Å². The van der Waals surface area contributed by atoms with Gasteiger partial charge in [-0.05, 0) is 34.1 Å². The molecule has 0 amide bonds. The minimum Gasteiger partial charge on any atom is -0.496 e. The Morgan fingerprint density at radius 2 is 1.85 bits per heavy atom. The standard InChI is InChI=1S/C14H10BrClF2O2/c1-20-13-6-12(18)10(15)5-9(13)14(19)8-3-2-7(16)4-11(8)17/h2-6,14,19H,1H3. The quantitative estimate of drug-likeness (QED) is 0.872. The van der Waals surface area contributed by atoms with E-state index in [9.17, 15) is 13.9 Å². The molecule has 0 aliphatic rings. The predicted octanol–water partition coefficient (Wildman–Crippen LogP) is 4.47. The second-order valence-electron chi connectivity index (χ2n) is 4.08. The van der Waals surface area contributed by atoms with Crippen LogP contribution >= 0.6 is 27.5 Å². The van der Waals surface area contributed by atoms with Crippen molar-refractivity contribution in [2.45, 2.75) is 6.10 Å². The van der Waals surface area contributed by atoms with Gasteiger partial charge in [-0.3, -0.25) is 0 Å². The van der Waals surface area contributed by atoms with Gasteiger partial charge >= 0.3 is 0 Å². The number of ether oxygens (including phenoxy) is 1. The molecule has 2 rings (SSSR count). The van der Waals surface area contributed by atoms with Crippen LogP contribution < -0.4 is 4.74 Å². The van der Waals surface area contributed by atoms with Crippen molar-refractivity contribution in [1.29, 1.82) is 0 Å². The molecular weight excluding hydrogens is 354 g/mol. The molecule has 0 fully saturated rings. The Labute approximate surface area is 128 Å². The van der Waals surface area contributed by atoms with Crippen LogP contribution in [0.25, 0.3) is 0 Å². The lowest BCUT2D eigenvalue weighted by Gasteiger charge is -2.16. The molecule has 0 aliphatic heterocycles. The molecular formula is C14H10BrClF2O2. The summed E-state index contributed by atoms with van der Waals surface area (Å²) in [4.78, 5) is 0. The van der Waals surface area contributed by atoms with Crippen molar-refractivity contribution in [2.75, 3.05) is 7.11 Å². The summed E-state index contributed by atoms with van der Waals surface area (Å²) in [5.41, 5.74) is 0.285. The zero-order chi connectivity index (χ0) is 14.9. The van der Waals surface area contributed by atoms with E-state index in [0.717, 1.165) is 12.1 Å². The van der Waals surface area contributed by atoms with E-state index in [2.05, 4.69) is 15.9 Å². The van der Waals surface area contributed by atoms with E-state index in [1.54, 1.807) is 0 Å². The Hall–Kier alpha value is -1.17. The average Bonchev–Trinajstić information content (AvgIpc) is 2.40. The Balaban J connectivity index is 2.52. The van der Waals surface area contributed by atoms with Gasteiger partial charge in [-0.15, -0.1) is 0 Å². The minimum atomic E-state index is -1.29. The number of rotatable bonds is 3. The summed E-state index contributed by atoms with van der Waals surface area (Å²) in [6.45, 7) is 0. The highest BCUT2D eigenvalue weighted by Gasteiger charge is 2.21. The lowest BCUT2D eigenvalue weighted by Crippen LogP contribution is -2.05. The molecule has 6 heteroatoms. The third-order valence-corrected chi connectivity index (χ3v) is 3.67. The smallest absolute Gasteiger partial charge is 0.141 e. The minimum absolute atomic E-state index is 0.0335. The van der Waals surface area contributed by atoms with Gasteiger partial charge in [0.1, 0.15) is 23.5 Å². The summed E-state index contributed by atoms with van der Waals surface area (Å²) in [6, 6.07) is 6.42. The van der Waals surface area contributed by atoms with E-state index in [1.807, 2.05) is 0 Å². The van der Waals surface area contributed by atoms with Crippen LogP contribution in [0.15, 0.2) is 34.8 Å². The van der Waals surface area contributed by atoms with Gasteiger partial charge in [0.2, 0.25) is 0 Å². The number of aliphatic hydroxyl groups is 1. The van der Waals surface area contributed by atoms with Crippen LogP contribution in [0.2, 0.25) is 5.02 Å². The van der Waals surface area contributed by atoms with Gasteiger partial charge in [-0.1, -0.05) is 17.7 Å². The number of halogens is 4. The van der Waals surface area contributed by atoms with Gasteiger partial charge in [0.15, 0.2) is 0 Å². The molecule has 1 unspecified atom stereocenters. The zero-order valence-electron chi connectivity index (χ0n) is 10.3. The van der Waals surface area contributed by atoms with Gasteiger partial charge < -0.3 is 9.84 Å². The zero-order valence-corrected chi connectivity index (χ0v) is 12.7. The highest BCUT2D eigenvalue weighted by atomic mass is 79.9. The number of methoxy groups -OCH3 is 1. The molecule has 2 aromatic rings. The van der Waals surface area contributed by atoms with Crippen molar-refractivity contribution in [2.24, 2.45) is 0 Å². The Morgan fingerprint density at radius 3 is 2.45 bits per heavy atom. The molecule has 106 valence electrons. The average molecular weight is 364 g/mol. The van der Waals surface area contributed by atoms with Crippen LogP contribution in [0, 0.1) is 11.6 Å². The highest BCUT2D eigenvalue weighted by Crippen LogP contribution is 2.35. The maximum Gasteiger partial charge on any atom is 0.141 e. The molecule has 0 bridgehead atoms. The topological polar surface area (TPSA) is 29.5 Å². The number of aliphatic hydroxyl groups excluding tert-OH is 1. The van der Waals surface area contributed by atoms with Crippen molar-refractivity contribution in [3.8, 4) is 5.75 Å². The SMILES string of the molecule is COc1cc(F)c(Br)cc1C(O)c1ccc(Cl)cc1F. The molecule has 0 aromatic heterocycles. The van der Waals surface area contributed by atoms with E-state index < -0.39 is 17.7 Å². The lowest BCUT2D eigenvalue weighted by atomic mass is 10.00. The number of benzene rings is 2. The van der Waals surface area contributed by atoms with Crippen LogP contribution in [0.3, 0.4) is 0 Å². The first-order valence-electron chi connectivity index (χ1n) is 5.60. The molecule has 2 aromatic carbocycles. The van der Waals surface area contributed by atoms with E-state index >= 15 is 0 Å². The number of hydrogen-bond donors (Lipinski definition) is 1. The lowest BCUT2D eigenvalue weighted by molar-refractivity contribution is 0.209. The normalized spacial score (nSPS) is 12.3. The van der Waals surface area contributed by atoms with E-state index in [1.165, 1.54) is 25.3 Å². The van der Waals surface area contributed by atoms with E-state index in [-0.39, 0.29) is 26.4 Å². The Kier molecular flexibility index (Phi) is 4.62. The molecule has 0 saturated carbocycles. The molecule has 0 heterocycles. The van der Waals surface area contributed by atoms with Crippen LogP contribution in [0.1, 0.15) is 17.2 Å². The third-order valence-electron chi connectivity index (χ3n) is 2.82. The first-order valence-corrected chi connectivity index (χ1v) is 6.77. The predicted molar refractivity (Wildman–Crippen MR) is 76.1 cm³/mol. The maximum atomic E-state index is 13.8. The Morgan fingerprint density at radius 1 is 1.15 bits per heavy atom. The molecule has 1 N–H and O–H groups in total. The number of hydrogen-bond acceptors (Lipinski definition) is 2. The fourth-order valence-electron chi connectivity index (χ4n) is 1.83. The van der Waals surface area contributed by atoms with E-state index in [0.29, 0.717) is 0 Å². The van der Waals surface area contributed by atoms with E-state index in [4.69, 9.17) is 16.3 Å². The first-order chi connectivity index (χ1) is 9.43. The highest BCUT2D eigenvalue weighted by molar-refractivity contribution is 9.10. The van der Waals surface area contributed by atoms with Crippen molar-refractivity contribution < 1.29 is 18.6 Å². The van der Waals surface area contributed by atoms with Crippen molar-refractivity contribution in [1.82, 2.24) is 0 Å². The van der Waals surface area contributed by atoms with Crippen molar-refractivity contribution in [3.63, 3.8) is 0 Å². The van der Waals surface area contributed by atoms with Crippen molar-refractivity contribution >= 4 is 27.5 Å². The summed E-state index contributed by atoms with van der Waals surface area (Å²) in [6.07, 6.45) is -1.29. The summed E-state index contributed by atoms with van der Waals surface area (Å²) in [5.74, 6) is -1.05. The first kappa shape index (κ1) is 15.2. The summed E-state index contributed by atoms with van der Waals surface area (Å²) < 4.78 is 32.4. The molecule has 1 atom stereocenters. The van der Waals surface area contributed by atoms with Crippen LogP contribution in [-0.4, -0.2) is 12.2 Å². The second kappa shape index (κ2) is 6.08. The molecule has 0 saturated heterocycles. The Bertz CT molecular complexity index is 649. The summed E-state index contributed by atoms with van der Waals surface area (Å²) in [5, 5.41) is 10.5. The van der Waals surface area contributed by atoms with Gasteiger partial charge in [0.25, 0.3) is 0 Å². The second-order valence-corrected chi connectivity index (χ2v) is 5.37. The largest absolute Gasteiger partial charge is 0.496 e. The van der Waals surface area contributed by atoms with Crippen LogP contribution in [0.5, 0.6) is 5.75 Å². The fourth-order valence-corrected chi connectivity index (χ4v) is 2.35. The van der Waals surface area contributed by atoms with Gasteiger partial charge in [0, 0.05) is 22.2 Å². The monoisotopic (exact) mass is 362 g/mol. The molecule has 0 aliphatic carbocycles. The molecule has 20 heavy (non-hydrogen) atoms. The molecule has 0 spiro atoms.